The van der Waals surface area contributed by atoms with Crippen LogP contribution < -0.4 is 4.90 Å². The van der Waals surface area contributed by atoms with Crippen LogP contribution in [0.4, 0.5) is 11.6 Å². The van der Waals surface area contributed by atoms with Gasteiger partial charge in [0, 0.05) is 26.2 Å². The van der Waals surface area contributed by atoms with Crippen LogP contribution in [0.1, 0.15) is 37.5 Å². The summed E-state index contributed by atoms with van der Waals surface area (Å²) >= 11 is 0. The van der Waals surface area contributed by atoms with Gasteiger partial charge in [-0.05, 0) is 36.0 Å². The van der Waals surface area contributed by atoms with Crippen molar-refractivity contribution in [2.75, 3.05) is 31.1 Å². The van der Waals surface area contributed by atoms with Crippen LogP contribution >= 0.6 is 0 Å². The standard InChI is InChI=1S/C20H27N5O4S/c1-14-10-16(20(3,4)5)11-15(2)18(14)30(28,29)24-8-6-23(7-9-24)19-21-12-17(13-22-19)25(26)27/h10-13H,6-9H2,1-5H3. The van der Waals surface area contributed by atoms with Gasteiger partial charge in [-0.2, -0.15) is 4.31 Å². The van der Waals surface area contributed by atoms with E-state index in [9.17, 15) is 18.5 Å². The molecule has 1 aromatic heterocycles. The van der Waals surface area contributed by atoms with Crippen molar-refractivity contribution >= 4 is 21.7 Å². The van der Waals surface area contributed by atoms with Crippen molar-refractivity contribution in [1.82, 2.24) is 14.3 Å². The van der Waals surface area contributed by atoms with Crippen LogP contribution in [0.2, 0.25) is 0 Å². The topological polar surface area (TPSA) is 110 Å². The molecule has 0 unspecified atom stereocenters. The monoisotopic (exact) mass is 433 g/mol. The Morgan fingerprint density at radius 3 is 1.93 bits per heavy atom. The maximum Gasteiger partial charge on any atom is 0.305 e. The van der Waals surface area contributed by atoms with E-state index in [4.69, 9.17) is 0 Å². The van der Waals surface area contributed by atoms with Crippen LogP contribution in [0.15, 0.2) is 29.4 Å². The van der Waals surface area contributed by atoms with Gasteiger partial charge in [0.15, 0.2) is 0 Å². The summed E-state index contributed by atoms with van der Waals surface area (Å²) < 4.78 is 28.2. The highest BCUT2D eigenvalue weighted by Crippen LogP contribution is 2.31. The molecule has 0 atom stereocenters. The van der Waals surface area contributed by atoms with Crippen molar-refractivity contribution in [3.05, 3.63) is 51.3 Å². The van der Waals surface area contributed by atoms with Crippen LogP contribution in [0.25, 0.3) is 0 Å². The molecule has 0 radical (unpaired) electrons. The first kappa shape index (κ1) is 22.1. The lowest BCUT2D eigenvalue weighted by atomic mass is 9.85. The second-order valence-corrected chi connectivity index (χ2v) is 10.5. The minimum absolute atomic E-state index is 0.0613. The van der Waals surface area contributed by atoms with E-state index >= 15 is 0 Å². The van der Waals surface area contributed by atoms with Gasteiger partial charge in [-0.3, -0.25) is 10.1 Å². The van der Waals surface area contributed by atoms with Crippen LogP contribution in [0, 0.1) is 24.0 Å². The number of sulfonamides is 1. The van der Waals surface area contributed by atoms with E-state index in [0.717, 1.165) is 29.1 Å². The molecule has 162 valence electrons. The molecule has 9 nitrogen and oxygen atoms in total. The minimum Gasteiger partial charge on any atom is -0.338 e. The fourth-order valence-electron chi connectivity index (χ4n) is 3.62. The number of aryl methyl sites for hydroxylation is 2. The van der Waals surface area contributed by atoms with E-state index in [0.29, 0.717) is 37.0 Å². The van der Waals surface area contributed by atoms with E-state index in [1.807, 2.05) is 30.9 Å². The van der Waals surface area contributed by atoms with E-state index in [1.54, 1.807) is 0 Å². The van der Waals surface area contributed by atoms with Crippen molar-refractivity contribution in [2.24, 2.45) is 0 Å². The van der Waals surface area contributed by atoms with Gasteiger partial charge < -0.3 is 4.90 Å². The quantitative estimate of drug-likeness (QED) is 0.539. The number of nitro groups is 1. The molecule has 2 heterocycles. The van der Waals surface area contributed by atoms with Gasteiger partial charge in [-0.25, -0.2) is 18.4 Å². The molecule has 10 heteroatoms. The molecule has 0 amide bonds. The molecule has 1 fully saturated rings. The zero-order valence-electron chi connectivity index (χ0n) is 17.9. The van der Waals surface area contributed by atoms with Crippen molar-refractivity contribution in [3.63, 3.8) is 0 Å². The number of hydrogen-bond acceptors (Lipinski definition) is 7. The molecule has 2 aromatic rings. The maximum atomic E-state index is 13.4. The Balaban J connectivity index is 1.79. The second-order valence-electron chi connectivity index (χ2n) is 8.58. The number of benzene rings is 1. The molecule has 1 aromatic carbocycles. The lowest BCUT2D eigenvalue weighted by Crippen LogP contribution is -2.49. The van der Waals surface area contributed by atoms with Gasteiger partial charge in [0.05, 0.1) is 9.82 Å². The summed E-state index contributed by atoms with van der Waals surface area (Å²) in [5.41, 5.74) is 2.37. The smallest absolute Gasteiger partial charge is 0.305 e. The van der Waals surface area contributed by atoms with Crippen molar-refractivity contribution in [1.29, 1.82) is 0 Å². The Bertz CT molecular complexity index is 1030. The Morgan fingerprint density at radius 2 is 1.50 bits per heavy atom. The second kappa shape index (κ2) is 7.92. The molecular weight excluding hydrogens is 406 g/mol. The molecule has 0 spiro atoms. The molecule has 0 N–H and O–H groups in total. The minimum atomic E-state index is -3.63. The van der Waals surface area contributed by atoms with Gasteiger partial charge in [0.1, 0.15) is 12.4 Å². The normalized spacial score (nSPS) is 16.0. The maximum absolute atomic E-state index is 13.4. The molecule has 1 aliphatic rings. The van der Waals surface area contributed by atoms with Gasteiger partial charge >= 0.3 is 5.69 Å². The summed E-state index contributed by atoms with van der Waals surface area (Å²) in [6.45, 7) is 11.4. The van der Waals surface area contributed by atoms with Gasteiger partial charge in [-0.1, -0.05) is 32.9 Å². The molecule has 0 bridgehead atoms. The number of anilines is 1. The molecule has 0 saturated carbocycles. The summed E-state index contributed by atoms with van der Waals surface area (Å²) in [5.74, 6) is 0.361. The van der Waals surface area contributed by atoms with Crippen LogP contribution in [-0.4, -0.2) is 53.8 Å². The lowest BCUT2D eigenvalue weighted by molar-refractivity contribution is -0.385. The SMILES string of the molecule is Cc1cc(C(C)(C)C)cc(C)c1S(=O)(=O)N1CCN(c2ncc([N+](=O)[O-])cn2)CC1. The molecule has 30 heavy (non-hydrogen) atoms. The van der Waals surface area contributed by atoms with Crippen molar-refractivity contribution < 1.29 is 13.3 Å². The van der Waals surface area contributed by atoms with Crippen LogP contribution in [0.5, 0.6) is 0 Å². The molecule has 0 aliphatic carbocycles. The number of nitrogens with zero attached hydrogens (tertiary/aromatic N) is 5. The predicted molar refractivity (Wildman–Crippen MR) is 114 cm³/mol. The zero-order valence-corrected chi connectivity index (χ0v) is 18.7. The highest BCUT2D eigenvalue weighted by atomic mass is 32.2. The Morgan fingerprint density at radius 1 is 1.00 bits per heavy atom. The highest BCUT2D eigenvalue weighted by Gasteiger charge is 2.32. The average molecular weight is 434 g/mol. The molecule has 1 aliphatic heterocycles. The summed E-state index contributed by atoms with van der Waals surface area (Å²) in [7, 11) is -3.63. The Hall–Kier alpha value is -2.59. The van der Waals surface area contributed by atoms with Crippen molar-refractivity contribution in [3.8, 4) is 0 Å². The first-order valence-electron chi connectivity index (χ1n) is 9.74. The number of rotatable bonds is 4. The lowest BCUT2D eigenvalue weighted by Gasteiger charge is -2.34. The number of piperazine rings is 1. The van der Waals surface area contributed by atoms with Crippen LogP contribution in [-0.2, 0) is 15.4 Å². The highest BCUT2D eigenvalue weighted by molar-refractivity contribution is 7.89. The summed E-state index contributed by atoms with van der Waals surface area (Å²) in [5, 5.41) is 10.7. The number of aromatic nitrogens is 2. The molecule has 3 rings (SSSR count). The van der Waals surface area contributed by atoms with Gasteiger partial charge in [0.25, 0.3) is 0 Å². The van der Waals surface area contributed by atoms with E-state index < -0.39 is 14.9 Å². The fraction of sp³-hybridized carbons (Fsp3) is 0.500. The third-order valence-corrected chi connectivity index (χ3v) is 7.49. The van der Waals surface area contributed by atoms with E-state index in [-0.39, 0.29) is 11.1 Å². The zero-order chi connectivity index (χ0) is 22.3. The van der Waals surface area contributed by atoms with Gasteiger partial charge in [0.2, 0.25) is 16.0 Å². The van der Waals surface area contributed by atoms with E-state index in [1.165, 1.54) is 4.31 Å². The fourth-order valence-corrected chi connectivity index (χ4v) is 5.45. The average Bonchev–Trinajstić information content (AvgIpc) is 2.66. The molecular formula is C20H27N5O4S. The van der Waals surface area contributed by atoms with Crippen molar-refractivity contribution in [2.45, 2.75) is 44.9 Å². The van der Waals surface area contributed by atoms with Gasteiger partial charge in [-0.15, -0.1) is 0 Å². The third-order valence-electron chi connectivity index (χ3n) is 5.28. The predicted octanol–water partition coefficient (Wildman–Crippen LogP) is 2.81. The first-order chi connectivity index (χ1) is 13.9. The van der Waals surface area contributed by atoms with Crippen LogP contribution in [0.3, 0.4) is 0 Å². The Labute approximate surface area is 177 Å². The summed E-state index contributed by atoms with van der Waals surface area (Å²) in [6.07, 6.45) is 2.32. The summed E-state index contributed by atoms with van der Waals surface area (Å²) in [6, 6.07) is 3.92. The largest absolute Gasteiger partial charge is 0.338 e. The number of hydrogen-bond donors (Lipinski definition) is 0. The molecule has 1 saturated heterocycles. The van der Waals surface area contributed by atoms with E-state index in [2.05, 4.69) is 30.7 Å². The third kappa shape index (κ3) is 4.29. The summed E-state index contributed by atoms with van der Waals surface area (Å²) in [4.78, 5) is 20.5. The first-order valence-corrected chi connectivity index (χ1v) is 11.2. The Kier molecular flexibility index (Phi) is 5.83.